The third-order valence-electron chi connectivity index (χ3n) is 6.49. The van der Waals surface area contributed by atoms with Crippen LogP contribution in [0.5, 0.6) is 11.5 Å². The fraction of sp³-hybridized carbons (Fsp3) is 0.269. The normalized spacial score (nSPS) is 15.3. The Morgan fingerprint density at radius 3 is 2.56 bits per heavy atom. The minimum atomic E-state index is -0.210. The van der Waals surface area contributed by atoms with Crippen LogP contribution < -0.4 is 24.6 Å². The zero-order valence-electron chi connectivity index (χ0n) is 19.7. The molecule has 1 N–H and O–H groups in total. The first-order valence-corrected chi connectivity index (χ1v) is 12.6. The first kappa shape index (κ1) is 22.5. The molecule has 2 aliphatic heterocycles. The molecule has 184 valence electrons. The number of hydrogen-bond donors (Lipinski definition) is 1. The van der Waals surface area contributed by atoms with Crippen LogP contribution >= 0.6 is 11.3 Å². The number of benzene rings is 2. The maximum Gasteiger partial charge on any atom is 0.266 e. The lowest BCUT2D eigenvalue weighted by atomic mass is 10.1. The molecule has 6 rings (SSSR count). The first-order chi connectivity index (χ1) is 17.6. The van der Waals surface area contributed by atoms with Crippen molar-refractivity contribution in [2.45, 2.75) is 6.92 Å². The van der Waals surface area contributed by atoms with Crippen molar-refractivity contribution in [2.24, 2.45) is 0 Å². The van der Waals surface area contributed by atoms with Crippen LogP contribution in [0.4, 0.5) is 21.6 Å². The fourth-order valence-corrected chi connectivity index (χ4v) is 5.72. The van der Waals surface area contributed by atoms with Crippen molar-refractivity contribution in [1.82, 2.24) is 9.97 Å². The summed E-state index contributed by atoms with van der Waals surface area (Å²) in [4.78, 5) is 27.8. The van der Waals surface area contributed by atoms with Gasteiger partial charge in [-0.3, -0.25) is 4.79 Å². The standard InChI is InChI=1S/C26H24FN5O3S/c1-16-22-24(32-10-8-31(9-11-32)19-5-3-2-4-18(19)27)28-15-29-26(22)36-23(16)25(33)30-17-6-7-20-21(14-17)35-13-12-34-20/h2-7,14-15H,8-13H2,1H3,(H,30,33). The van der Waals surface area contributed by atoms with Crippen molar-refractivity contribution in [2.75, 3.05) is 54.5 Å². The summed E-state index contributed by atoms with van der Waals surface area (Å²) >= 11 is 1.35. The third-order valence-corrected chi connectivity index (χ3v) is 7.68. The molecule has 4 heterocycles. The molecular weight excluding hydrogens is 481 g/mol. The number of carbonyl (C=O) groups excluding carboxylic acids is 1. The van der Waals surface area contributed by atoms with Crippen LogP contribution in [0.15, 0.2) is 48.8 Å². The number of aromatic nitrogens is 2. The maximum atomic E-state index is 14.2. The van der Waals surface area contributed by atoms with Gasteiger partial charge in [0.2, 0.25) is 0 Å². The number of thiophene rings is 1. The second-order valence-corrected chi connectivity index (χ2v) is 9.67. The Morgan fingerprint density at radius 2 is 1.75 bits per heavy atom. The van der Waals surface area contributed by atoms with Crippen LogP contribution in [0, 0.1) is 12.7 Å². The first-order valence-electron chi connectivity index (χ1n) is 11.8. The van der Waals surface area contributed by atoms with E-state index < -0.39 is 0 Å². The summed E-state index contributed by atoms with van der Waals surface area (Å²) in [6.45, 7) is 5.65. The van der Waals surface area contributed by atoms with Gasteiger partial charge in [0.1, 0.15) is 36.0 Å². The number of amides is 1. The highest BCUT2D eigenvalue weighted by Gasteiger charge is 2.25. The van der Waals surface area contributed by atoms with Crippen LogP contribution in [0.1, 0.15) is 15.2 Å². The summed E-state index contributed by atoms with van der Waals surface area (Å²) in [5, 5.41) is 3.85. The molecule has 0 atom stereocenters. The summed E-state index contributed by atoms with van der Waals surface area (Å²) < 4.78 is 25.4. The Hall–Kier alpha value is -3.92. The van der Waals surface area contributed by atoms with E-state index in [4.69, 9.17) is 9.47 Å². The van der Waals surface area contributed by atoms with Gasteiger partial charge in [-0.05, 0) is 36.8 Å². The molecular formula is C26H24FN5O3S. The highest BCUT2D eigenvalue weighted by Crippen LogP contribution is 2.37. The van der Waals surface area contributed by atoms with E-state index in [-0.39, 0.29) is 11.7 Å². The predicted octanol–water partition coefficient (Wildman–Crippen LogP) is 4.49. The Kier molecular flexibility index (Phi) is 5.80. The van der Waals surface area contributed by atoms with E-state index in [0.29, 0.717) is 67.1 Å². The number of hydrogen-bond acceptors (Lipinski definition) is 8. The van der Waals surface area contributed by atoms with Gasteiger partial charge in [0.25, 0.3) is 5.91 Å². The van der Waals surface area contributed by atoms with E-state index in [9.17, 15) is 9.18 Å². The average molecular weight is 506 g/mol. The molecule has 1 amide bonds. The molecule has 4 aromatic rings. The van der Waals surface area contributed by atoms with Crippen molar-refractivity contribution < 1.29 is 18.7 Å². The van der Waals surface area contributed by atoms with Gasteiger partial charge in [-0.1, -0.05) is 12.1 Å². The van der Waals surface area contributed by atoms with Gasteiger partial charge >= 0.3 is 0 Å². The van der Waals surface area contributed by atoms with E-state index in [1.54, 1.807) is 30.6 Å². The van der Waals surface area contributed by atoms with Gasteiger partial charge in [-0.2, -0.15) is 0 Å². The van der Waals surface area contributed by atoms with Crippen molar-refractivity contribution in [1.29, 1.82) is 0 Å². The van der Waals surface area contributed by atoms with Gasteiger partial charge < -0.3 is 24.6 Å². The van der Waals surface area contributed by atoms with Gasteiger partial charge in [-0.25, -0.2) is 14.4 Å². The molecule has 10 heteroatoms. The molecule has 0 bridgehead atoms. The summed E-state index contributed by atoms with van der Waals surface area (Å²) in [6.07, 6.45) is 1.54. The lowest BCUT2D eigenvalue weighted by Crippen LogP contribution is -2.47. The number of halogens is 1. The molecule has 2 aromatic heterocycles. The number of aryl methyl sites for hydroxylation is 1. The number of carbonyl (C=O) groups is 1. The smallest absolute Gasteiger partial charge is 0.266 e. The van der Waals surface area contributed by atoms with Gasteiger partial charge in [0.15, 0.2) is 11.5 Å². The molecule has 0 radical (unpaired) electrons. The topological polar surface area (TPSA) is 79.8 Å². The lowest BCUT2D eigenvalue weighted by Gasteiger charge is -2.37. The zero-order chi connectivity index (χ0) is 24.6. The number of nitrogens with one attached hydrogen (secondary N) is 1. The number of para-hydroxylation sites is 1. The number of piperazine rings is 1. The van der Waals surface area contributed by atoms with Gasteiger partial charge in [0, 0.05) is 37.9 Å². The molecule has 1 saturated heterocycles. The Bertz CT molecular complexity index is 1450. The molecule has 0 saturated carbocycles. The monoisotopic (exact) mass is 505 g/mol. The summed E-state index contributed by atoms with van der Waals surface area (Å²) in [5.41, 5.74) is 2.10. The summed E-state index contributed by atoms with van der Waals surface area (Å²) in [5.74, 6) is 1.68. The molecule has 0 aliphatic carbocycles. The maximum absolute atomic E-state index is 14.2. The predicted molar refractivity (Wildman–Crippen MR) is 138 cm³/mol. The van der Waals surface area contributed by atoms with Gasteiger partial charge in [-0.15, -0.1) is 11.3 Å². The summed E-state index contributed by atoms with van der Waals surface area (Å²) in [7, 11) is 0. The number of fused-ring (bicyclic) bond motifs is 2. The van der Waals surface area contributed by atoms with E-state index in [0.717, 1.165) is 21.6 Å². The molecule has 2 aromatic carbocycles. The minimum Gasteiger partial charge on any atom is -0.486 e. The zero-order valence-corrected chi connectivity index (χ0v) is 20.5. The highest BCUT2D eigenvalue weighted by molar-refractivity contribution is 7.20. The molecule has 0 unspecified atom stereocenters. The second kappa shape index (κ2) is 9.27. The van der Waals surface area contributed by atoms with Crippen molar-refractivity contribution in [3.05, 3.63) is 65.0 Å². The number of anilines is 3. The van der Waals surface area contributed by atoms with Gasteiger partial charge in [0.05, 0.1) is 16.0 Å². The fourth-order valence-electron chi connectivity index (χ4n) is 4.69. The second-order valence-electron chi connectivity index (χ2n) is 8.67. The number of nitrogens with zero attached hydrogens (tertiary/aromatic N) is 4. The van der Waals surface area contributed by atoms with Crippen LogP contribution in [0.3, 0.4) is 0 Å². The average Bonchev–Trinajstić information content (AvgIpc) is 3.26. The summed E-state index contributed by atoms with van der Waals surface area (Å²) in [6, 6.07) is 12.2. The third kappa shape index (κ3) is 4.07. The van der Waals surface area contributed by atoms with Crippen molar-refractivity contribution in [3.63, 3.8) is 0 Å². The van der Waals surface area contributed by atoms with E-state index in [1.165, 1.54) is 17.4 Å². The van der Waals surface area contributed by atoms with Crippen molar-refractivity contribution >= 4 is 44.7 Å². The van der Waals surface area contributed by atoms with E-state index >= 15 is 0 Å². The number of ether oxygens (including phenoxy) is 2. The van der Waals surface area contributed by atoms with E-state index in [2.05, 4.69) is 25.1 Å². The largest absolute Gasteiger partial charge is 0.486 e. The molecule has 36 heavy (non-hydrogen) atoms. The van der Waals surface area contributed by atoms with Crippen LogP contribution in [0.2, 0.25) is 0 Å². The minimum absolute atomic E-state index is 0.206. The number of rotatable bonds is 4. The SMILES string of the molecule is Cc1c(C(=O)Nc2ccc3c(c2)OCCO3)sc2ncnc(N3CCN(c4ccccc4F)CC3)c12. The Balaban J connectivity index is 1.23. The lowest BCUT2D eigenvalue weighted by molar-refractivity contribution is 0.103. The quantitative estimate of drug-likeness (QED) is 0.438. The molecule has 2 aliphatic rings. The highest BCUT2D eigenvalue weighted by atomic mass is 32.1. The molecule has 0 spiro atoms. The van der Waals surface area contributed by atoms with Crippen LogP contribution in [0.25, 0.3) is 10.2 Å². The van der Waals surface area contributed by atoms with Crippen LogP contribution in [-0.4, -0.2) is 55.3 Å². The van der Waals surface area contributed by atoms with Crippen LogP contribution in [-0.2, 0) is 0 Å². The molecule has 8 nitrogen and oxygen atoms in total. The Labute approximate surface area is 211 Å². The molecule has 1 fully saturated rings. The Morgan fingerprint density at radius 1 is 1.00 bits per heavy atom. The van der Waals surface area contributed by atoms with Crippen molar-refractivity contribution in [3.8, 4) is 11.5 Å². The van der Waals surface area contributed by atoms with E-state index in [1.807, 2.05) is 19.1 Å².